The van der Waals surface area contributed by atoms with Crippen LogP contribution in [0.15, 0.2) is 60.7 Å². The molecule has 234 valence electrons. The molecule has 3 aromatic carbocycles. The molecule has 2 aliphatic rings. The van der Waals surface area contributed by atoms with Gasteiger partial charge in [0.25, 0.3) is 5.91 Å². The van der Waals surface area contributed by atoms with Crippen LogP contribution in [0.5, 0.6) is 17.2 Å². The van der Waals surface area contributed by atoms with Crippen LogP contribution in [0.4, 0.5) is 9.18 Å². The third-order valence-electron chi connectivity index (χ3n) is 7.34. The number of hydrogen-bond acceptors (Lipinski definition) is 7. The number of benzene rings is 3. The van der Waals surface area contributed by atoms with E-state index in [1.807, 2.05) is 30.3 Å². The van der Waals surface area contributed by atoms with Crippen molar-refractivity contribution in [1.29, 1.82) is 0 Å². The molecule has 2 heterocycles. The topological polar surface area (TPSA) is 110 Å². The van der Waals surface area contributed by atoms with E-state index in [1.54, 1.807) is 31.4 Å². The summed E-state index contributed by atoms with van der Waals surface area (Å²) in [5.41, 5.74) is 2.03. The highest BCUT2D eigenvalue weighted by atomic mass is 35.5. The normalized spacial score (nSPS) is 19.7. The quantitative estimate of drug-likeness (QED) is 0.346. The van der Waals surface area contributed by atoms with Gasteiger partial charge >= 0.3 is 6.03 Å². The second-order valence-corrected chi connectivity index (χ2v) is 11.1. The van der Waals surface area contributed by atoms with Crippen molar-refractivity contribution in [3.05, 3.63) is 88.2 Å². The molecule has 1 saturated heterocycles. The van der Waals surface area contributed by atoms with E-state index in [9.17, 15) is 14.0 Å². The summed E-state index contributed by atoms with van der Waals surface area (Å²) >= 11 is 5.86. The Balaban J connectivity index is 1.35. The Kier molecular flexibility index (Phi) is 10.9. The number of rotatable bonds is 6. The van der Waals surface area contributed by atoms with Crippen LogP contribution in [-0.2, 0) is 22.6 Å². The average molecular weight is 627 g/mol. The number of ether oxygens (including phenoxy) is 4. The summed E-state index contributed by atoms with van der Waals surface area (Å²) in [7, 11) is 1.58. The smallest absolute Gasteiger partial charge is 0.315 e. The van der Waals surface area contributed by atoms with Gasteiger partial charge in [-0.1, -0.05) is 29.8 Å². The molecule has 4 bridgehead atoms. The monoisotopic (exact) mass is 626 g/mol. The van der Waals surface area contributed by atoms with Gasteiger partial charge in [-0.15, -0.1) is 0 Å². The molecule has 2 atom stereocenters. The zero-order chi connectivity index (χ0) is 30.9. The first kappa shape index (κ1) is 31.5. The summed E-state index contributed by atoms with van der Waals surface area (Å²) < 4.78 is 37.4. The minimum Gasteiger partial charge on any atom is -0.491 e. The predicted octanol–water partition coefficient (Wildman–Crippen LogP) is 4.50. The Morgan fingerprint density at radius 2 is 1.89 bits per heavy atom. The van der Waals surface area contributed by atoms with Crippen LogP contribution in [0.1, 0.15) is 27.9 Å². The highest BCUT2D eigenvalue weighted by Gasteiger charge is 2.31. The number of hydrogen-bond donors (Lipinski definition) is 3. The summed E-state index contributed by atoms with van der Waals surface area (Å²) in [5.74, 6) is 0.681. The molecule has 0 unspecified atom stereocenters. The Labute approximate surface area is 260 Å². The number of methoxy groups -OCH3 is 1. The molecule has 0 spiro atoms. The Morgan fingerprint density at radius 3 is 2.73 bits per heavy atom. The summed E-state index contributed by atoms with van der Waals surface area (Å²) in [6, 6.07) is 16.7. The summed E-state index contributed by atoms with van der Waals surface area (Å²) in [6.45, 7) is 3.15. The van der Waals surface area contributed by atoms with Gasteiger partial charge in [0.2, 0.25) is 0 Å². The molecule has 1 fully saturated rings. The van der Waals surface area contributed by atoms with Gasteiger partial charge in [-0.2, -0.15) is 0 Å². The van der Waals surface area contributed by atoms with Crippen LogP contribution in [0.3, 0.4) is 0 Å². The van der Waals surface area contributed by atoms with E-state index in [0.717, 1.165) is 11.1 Å². The van der Waals surface area contributed by atoms with Crippen LogP contribution >= 0.6 is 11.6 Å². The van der Waals surface area contributed by atoms with Gasteiger partial charge < -0.3 is 34.9 Å². The Morgan fingerprint density at radius 1 is 1.02 bits per heavy atom. The van der Waals surface area contributed by atoms with E-state index in [2.05, 4.69) is 20.9 Å². The number of carbonyl (C=O) groups excluding carboxylic acids is 2. The van der Waals surface area contributed by atoms with Gasteiger partial charge in [0.15, 0.2) is 0 Å². The predicted molar refractivity (Wildman–Crippen MR) is 163 cm³/mol. The van der Waals surface area contributed by atoms with E-state index in [-0.39, 0.29) is 48.8 Å². The van der Waals surface area contributed by atoms with Crippen LogP contribution in [0, 0.1) is 5.82 Å². The Hall–Kier alpha value is -3.90. The molecule has 10 nitrogen and oxygen atoms in total. The maximum absolute atomic E-state index is 14.1. The second kappa shape index (κ2) is 15.2. The molecular weight excluding hydrogens is 591 g/mol. The first-order valence-electron chi connectivity index (χ1n) is 14.5. The van der Waals surface area contributed by atoms with E-state index in [4.69, 9.17) is 30.5 Å². The molecule has 3 amide bonds. The number of piperidine rings is 1. The molecule has 0 saturated carbocycles. The number of halogens is 2. The van der Waals surface area contributed by atoms with Crippen molar-refractivity contribution in [2.45, 2.75) is 31.7 Å². The maximum atomic E-state index is 14.1. The number of urea groups is 1. The molecular formula is C32H36ClFN4O6. The number of likely N-dealkylation sites (tertiary alicyclic amines) is 1. The summed E-state index contributed by atoms with van der Waals surface area (Å²) in [5, 5.41) is 8.76. The van der Waals surface area contributed by atoms with Crippen LogP contribution in [0.2, 0.25) is 5.02 Å². The lowest BCUT2D eigenvalue weighted by molar-refractivity contribution is -0.0303. The molecule has 5 rings (SSSR count). The van der Waals surface area contributed by atoms with Crippen molar-refractivity contribution in [1.82, 2.24) is 20.9 Å². The van der Waals surface area contributed by atoms with Gasteiger partial charge in [0.1, 0.15) is 29.7 Å². The summed E-state index contributed by atoms with van der Waals surface area (Å²) in [4.78, 5) is 28.0. The number of nitrogens with one attached hydrogen (secondary N) is 3. The third-order valence-corrected chi connectivity index (χ3v) is 7.65. The molecule has 2 aliphatic heterocycles. The molecule has 12 heteroatoms. The highest BCUT2D eigenvalue weighted by molar-refractivity contribution is 6.30. The Bertz CT molecular complexity index is 1460. The van der Waals surface area contributed by atoms with Crippen molar-refractivity contribution >= 4 is 23.5 Å². The maximum Gasteiger partial charge on any atom is 0.315 e. The van der Waals surface area contributed by atoms with Crippen LogP contribution in [-0.4, -0.2) is 75.5 Å². The lowest BCUT2D eigenvalue weighted by Gasteiger charge is -2.38. The van der Waals surface area contributed by atoms with Crippen molar-refractivity contribution < 1.29 is 32.9 Å². The zero-order valence-corrected chi connectivity index (χ0v) is 25.2. The second-order valence-electron chi connectivity index (χ2n) is 10.7. The molecule has 0 aliphatic carbocycles. The average Bonchev–Trinajstić information content (AvgIpc) is 3.01. The largest absolute Gasteiger partial charge is 0.491 e. The number of amides is 3. The fourth-order valence-electron chi connectivity index (χ4n) is 5.15. The van der Waals surface area contributed by atoms with Gasteiger partial charge in [0.05, 0.1) is 30.4 Å². The van der Waals surface area contributed by atoms with Crippen LogP contribution in [0.25, 0.3) is 0 Å². The molecule has 0 radical (unpaired) electrons. The van der Waals surface area contributed by atoms with Gasteiger partial charge in [0, 0.05) is 51.5 Å². The van der Waals surface area contributed by atoms with E-state index < -0.39 is 5.82 Å². The number of fused-ring (bicyclic) bond motifs is 5. The fourth-order valence-corrected chi connectivity index (χ4v) is 5.27. The SMILES string of the molecule is COCCOc1cc2cc(c1)C(=O)NCCNC(=O)N[C@H]1CCN(Cc3ccc(Cl)c(F)c3)C[C@@H]1OCc1cccc(c1)O2. The molecule has 0 aromatic heterocycles. The molecule has 3 N–H and O–H groups in total. The first-order valence-corrected chi connectivity index (χ1v) is 14.9. The van der Waals surface area contributed by atoms with Gasteiger partial charge in [-0.3, -0.25) is 9.69 Å². The highest BCUT2D eigenvalue weighted by Crippen LogP contribution is 2.29. The lowest BCUT2D eigenvalue weighted by Crippen LogP contribution is -2.56. The van der Waals surface area contributed by atoms with Crippen molar-refractivity contribution in [3.8, 4) is 17.2 Å². The minimum atomic E-state index is -0.454. The summed E-state index contributed by atoms with van der Waals surface area (Å²) in [6.07, 6.45) is 0.301. The number of nitrogens with zero attached hydrogens (tertiary/aromatic N) is 1. The zero-order valence-electron chi connectivity index (χ0n) is 24.4. The minimum absolute atomic E-state index is 0.0872. The van der Waals surface area contributed by atoms with E-state index in [1.165, 1.54) is 6.07 Å². The van der Waals surface area contributed by atoms with E-state index >= 15 is 0 Å². The van der Waals surface area contributed by atoms with Crippen molar-refractivity contribution in [2.75, 3.05) is 46.5 Å². The molecule has 44 heavy (non-hydrogen) atoms. The van der Waals surface area contributed by atoms with Crippen molar-refractivity contribution in [3.63, 3.8) is 0 Å². The molecule has 3 aromatic rings. The third kappa shape index (κ3) is 8.82. The van der Waals surface area contributed by atoms with Crippen LogP contribution < -0.4 is 25.4 Å². The van der Waals surface area contributed by atoms with E-state index in [0.29, 0.717) is 62.1 Å². The van der Waals surface area contributed by atoms with Gasteiger partial charge in [-0.05, 0) is 53.9 Å². The number of carbonyl (C=O) groups is 2. The first-order chi connectivity index (χ1) is 21.4. The van der Waals surface area contributed by atoms with Gasteiger partial charge in [-0.25, -0.2) is 9.18 Å². The fraction of sp³-hybridized carbons (Fsp3) is 0.375. The lowest BCUT2D eigenvalue weighted by atomic mass is 10.0. The standard InChI is InChI=1S/C32H36ClFN4O6/c1-41-11-12-42-25-15-23-16-26(17-25)44-24-4-2-3-22(13-24)20-43-30-19-38(18-21-5-6-27(33)28(34)14-21)10-7-29(30)37-32(40)36-9-8-35-31(23)39/h2-6,13-17,29-30H,7-12,18-20H2,1H3,(H,35,39)(H2,36,37,40)/t29-,30-/m0/s1. The van der Waals surface area contributed by atoms with Crippen molar-refractivity contribution in [2.24, 2.45) is 0 Å².